The van der Waals surface area contributed by atoms with Crippen molar-refractivity contribution in [3.05, 3.63) is 29.8 Å². The number of amides is 1. The fourth-order valence-corrected chi connectivity index (χ4v) is 1.79. The van der Waals surface area contributed by atoms with Crippen molar-refractivity contribution in [2.75, 3.05) is 20.2 Å². The fraction of sp³-hybridized carbons (Fsp3) is 0.500. The molecule has 0 heterocycles. The summed E-state index contributed by atoms with van der Waals surface area (Å²) < 4.78 is 10.4. The van der Waals surface area contributed by atoms with Crippen LogP contribution >= 0.6 is 0 Å². The highest BCUT2D eigenvalue weighted by molar-refractivity contribution is 5.94. The molecule has 0 saturated heterocycles. The highest BCUT2D eigenvalue weighted by Gasteiger charge is 2.14. The van der Waals surface area contributed by atoms with Crippen molar-refractivity contribution in [1.82, 2.24) is 4.90 Å². The first-order chi connectivity index (χ1) is 9.93. The number of esters is 1. The second kappa shape index (κ2) is 8.29. The van der Waals surface area contributed by atoms with E-state index >= 15 is 0 Å². The third kappa shape index (κ3) is 5.85. The predicted molar refractivity (Wildman–Crippen MR) is 80.4 cm³/mol. The molecule has 1 amide bonds. The van der Waals surface area contributed by atoms with Gasteiger partial charge in [-0.2, -0.15) is 0 Å². The lowest BCUT2D eigenvalue weighted by Gasteiger charge is -2.17. The SMILES string of the molecule is CCOC(=O)CCN(C)C(=O)c1cccc(OC(C)C)c1. The molecule has 0 unspecified atom stereocenters. The zero-order valence-corrected chi connectivity index (χ0v) is 13.1. The monoisotopic (exact) mass is 293 g/mol. The Balaban J connectivity index is 2.63. The van der Waals surface area contributed by atoms with Crippen LogP contribution in [0.1, 0.15) is 37.6 Å². The minimum atomic E-state index is -0.297. The Morgan fingerprint density at radius 2 is 2.00 bits per heavy atom. The van der Waals surface area contributed by atoms with Gasteiger partial charge in [-0.05, 0) is 39.0 Å². The molecule has 0 aromatic heterocycles. The number of benzene rings is 1. The summed E-state index contributed by atoms with van der Waals surface area (Å²) in [5, 5.41) is 0. The summed E-state index contributed by atoms with van der Waals surface area (Å²) in [7, 11) is 1.66. The van der Waals surface area contributed by atoms with Crippen LogP contribution in [0, 0.1) is 0 Å². The molecule has 0 aliphatic carbocycles. The van der Waals surface area contributed by atoms with E-state index in [0.717, 1.165) is 0 Å². The summed E-state index contributed by atoms with van der Waals surface area (Å²) in [6.07, 6.45) is 0.245. The molecule has 0 bridgehead atoms. The molecule has 21 heavy (non-hydrogen) atoms. The van der Waals surface area contributed by atoms with Crippen LogP contribution in [0.5, 0.6) is 5.75 Å². The standard InChI is InChI=1S/C16H23NO4/c1-5-20-15(18)9-10-17(4)16(19)13-7-6-8-14(11-13)21-12(2)3/h6-8,11-12H,5,9-10H2,1-4H3. The van der Waals surface area contributed by atoms with E-state index in [1.165, 1.54) is 4.90 Å². The van der Waals surface area contributed by atoms with Gasteiger partial charge >= 0.3 is 5.97 Å². The van der Waals surface area contributed by atoms with E-state index in [4.69, 9.17) is 9.47 Å². The number of hydrogen-bond acceptors (Lipinski definition) is 4. The van der Waals surface area contributed by atoms with Gasteiger partial charge in [-0.3, -0.25) is 9.59 Å². The van der Waals surface area contributed by atoms with Gasteiger partial charge in [-0.15, -0.1) is 0 Å². The van der Waals surface area contributed by atoms with Gasteiger partial charge in [0, 0.05) is 19.2 Å². The molecule has 1 rings (SSSR count). The van der Waals surface area contributed by atoms with Crippen molar-refractivity contribution in [1.29, 1.82) is 0 Å². The van der Waals surface area contributed by atoms with E-state index < -0.39 is 0 Å². The van der Waals surface area contributed by atoms with Crippen LogP contribution in [0.4, 0.5) is 0 Å². The maximum atomic E-state index is 12.3. The molecule has 0 saturated carbocycles. The second-order valence-corrected chi connectivity index (χ2v) is 4.98. The largest absolute Gasteiger partial charge is 0.491 e. The topological polar surface area (TPSA) is 55.8 Å². The highest BCUT2D eigenvalue weighted by Crippen LogP contribution is 2.16. The second-order valence-electron chi connectivity index (χ2n) is 4.98. The van der Waals surface area contributed by atoms with E-state index in [0.29, 0.717) is 24.5 Å². The summed E-state index contributed by atoms with van der Waals surface area (Å²) in [6.45, 7) is 6.30. The fourth-order valence-electron chi connectivity index (χ4n) is 1.79. The Bertz CT molecular complexity index is 485. The van der Waals surface area contributed by atoms with Gasteiger partial charge in [-0.1, -0.05) is 6.07 Å². The molecule has 116 valence electrons. The molecule has 0 spiro atoms. The van der Waals surface area contributed by atoms with Crippen LogP contribution in [0.3, 0.4) is 0 Å². The molecule has 1 aromatic carbocycles. The molecule has 0 atom stereocenters. The normalized spacial score (nSPS) is 10.3. The molecule has 5 heteroatoms. The van der Waals surface area contributed by atoms with E-state index in [1.807, 2.05) is 19.9 Å². The van der Waals surface area contributed by atoms with Gasteiger partial charge in [0.25, 0.3) is 5.91 Å². The molecule has 0 aliphatic heterocycles. The van der Waals surface area contributed by atoms with Crippen molar-refractivity contribution in [3.8, 4) is 5.75 Å². The van der Waals surface area contributed by atoms with Gasteiger partial charge in [-0.25, -0.2) is 0 Å². The third-order valence-electron chi connectivity index (χ3n) is 2.76. The first-order valence-electron chi connectivity index (χ1n) is 7.11. The van der Waals surface area contributed by atoms with Crippen LogP contribution in [-0.2, 0) is 9.53 Å². The Morgan fingerprint density at radius 1 is 1.29 bits per heavy atom. The van der Waals surface area contributed by atoms with Crippen molar-refractivity contribution in [2.45, 2.75) is 33.3 Å². The van der Waals surface area contributed by atoms with Crippen LogP contribution in [0.2, 0.25) is 0 Å². The van der Waals surface area contributed by atoms with E-state index in [-0.39, 0.29) is 24.4 Å². The summed E-state index contributed by atoms with van der Waals surface area (Å²) in [6, 6.07) is 7.04. The number of rotatable bonds is 7. The van der Waals surface area contributed by atoms with Gasteiger partial charge in [0.15, 0.2) is 0 Å². The van der Waals surface area contributed by atoms with Crippen LogP contribution in [-0.4, -0.2) is 43.1 Å². The Labute approximate surface area is 125 Å². The van der Waals surface area contributed by atoms with E-state index in [2.05, 4.69) is 0 Å². The van der Waals surface area contributed by atoms with Crippen molar-refractivity contribution >= 4 is 11.9 Å². The number of hydrogen-bond donors (Lipinski definition) is 0. The first-order valence-corrected chi connectivity index (χ1v) is 7.11. The molecule has 0 fully saturated rings. The average molecular weight is 293 g/mol. The lowest BCUT2D eigenvalue weighted by Crippen LogP contribution is -2.29. The van der Waals surface area contributed by atoms with Gasteiger partial charge in [0.2, 0.25) is 0 Å². The van der Waals surface area contributed by atoms with E-state index in [9.17, 15) is 9.59 Å². The van der Waals surface area contributed by atoms with Gasteiger partial charge in [0.05, 0.1) is 19.1 Å². The maximum Gasteiger partial charge on any atom is 0.307 e. The molecule has 1 aromatic rings. The Hall–Kier alpha value is -2.04. The van der Waals surface area contributed by atoms with Crippen molar-refractivity contribution in [2.24, 2.45) is 0 Å². The molecular formula is C16H23NO4. The minimum absolute atomic E-state index is 0.0527. The Kier molecular flexibility index (Phi) is 6.72. The number of ether oxygens (including phenoxy) is 2. The Morgan fingerprint density at radius 3 is 2.62 bits per heavy atom. The number of carbonyl (C=O) groups is 2. The van der Waals surface area contributed by atoms with E-state index in [1.54, 1.807) is 32.2 Å². The molecular weight excluding hydrogens is 270 g/mol. The van der Waals surface area contributed by atoms with Crippen molar-refractivity contribution < 1.29 is 19.1 Å². The average Bonchev–Trinajstić information content (AvgIpc) is 2.44. The summed E-state index contributed by atoms with van der Waals surface area (Å²) in [5.74, 6) is 0.220. The maximum absolute atomic E-state index is 12.3. The van der Waals surface area contributed by atoms with Gasteiger partial charge in [0.1, 0.15) is 5.75 Å². The predicted octanol–water partition coefficient (Wildman–Crippen LogP) is 2.50. The molecule has 0 aliphatic rings. The molecule has 0 N–H and O–H groups in total. The number of nitrogens with zero attached hydrogens (tertiary/aromatic N) is 1. The quantitative estimate of drug-likeness (QED) is 0.725. The summed E-state index contributed by atoms with van der Waals surface area (Å²) >= 11 is 0. The zero-order chi connectivity index (χ0) is 15.8. The minimum Gasteiger partial charge on any atom is -0.491 e. The summed E-state index contributed by atoms with van der Waals surface area (Å²) in [5.41, 5.74) is 0.541. The summed E-state index contributed by atoms with van der Waals surface area (Å²) in [4.78, 5) is 25.1. The smallest absolute Gasteiger partial charge is 0.307 e. The highest BCUT2D eigenvalue weighted by atomic mass is 16.5. The molecule has 5 nitrogen and oxygen atoms in total. The van der Waals surface area contributed by atoms with Crippen molar-refractivity contribution in [3.63, 3.8) is 0 Å². The zero-order valence-electron chi connectivity index (χ0n) is 13.1. The van der Waals surface area contributed by atoms with Crippen LogP contribution in [0.25, 0.3) is 0 Å². The third-order valence-corrected chi connectivity index (χ3v) is 2.76. The van der Waals surface area contributed by atoms with Crippen LogP contribution < -0.4 is 4.74 Å². The van der Waals surface area contributed by atoms with Crippen LogP contribution in [0.15, 0.2) is 24.3 Å². The molecule has 0 radical (unpaired) electrons. The lowest BCUT2D eigenvalue weighted by atomic mass is 10.2. The number of carbonyl (C=O) groups excluding carboxylic acids is 2. The first kappa shape index (κ1) is 17.0. The lowest BCUT2D eigenvalue weighted by molar-refractivity contribution is -0.143. The van der Waals surface area contributed by atoms with Gasteiger partial charge < -0.3 is 14.4 Å².